The summed E-state index contributed by atoms with van der Waals surface area (Å²) in [5.74, 6) is 0. The third kappa shape index (κ3) is 1.83. The van der Waals surface area contributed by atoms with E-state index in [0.29, 0.717) is 0 Å². The van der Waals surface area contributed by atoms with Crippen molar-refractivity contribution in [1.29, 1.82) is 5.26 Å². The van der Waals surface area contributed by atoms with Gasteiger partial charge in [0, 0.05) is 15.6 Å². The zero-order chi connectivity index (χ0) is 14.2. The van der Waals surface area contributed by atoms with Gasteiger partial charge >= 0.3 is 0 Å². The molecule has 0 bridgehead atoms. The summed E-state index contributed by atoms with van der Waals surface area (Å²) in [6.45, 7) is 0. The van der Waals surface area contributed by atoms with Crippen molar-refractivity contribution in [3.05, 3.63) is 72.3 Å². The normalized spacial score (nSPS) is 10.8. The maximum Gasteiger partial charge on any atom is 0.101 e. The van der Waals surface area contributed by atoms with E-state index in [1.54, 1.807) is 11.3 Å². The number of thiophene rings is 1. The van der Waals surface area contributed by atoms with Crippen molar-refractivity contribution in [3.8, 4) is 16.5 Å². The van der Waals surface area contributed by atoms with Gasteiger partial charge in [-0.2, -0.15) is 5.26 Å². The maximum absolute atomic E-state index is 9.60. The van der Waals surface area contributed by atoms with Gasteiger partial charge in [0.25, 0.3) is 0 Å². The number of nitriles is 1. The molecule has 2 heteroatoms. The molecule has 0 aliphatic heterocycles. The van der Waals surface area contributed by atoms with Crippen molar-refractivity contribution in [2.75, 3.05) is 0 Å². The molecule has 0 atom stereocenters. The maximum atomic E-state index is 9.60. The van der Waals surface area contributed by atoms with Crippen molar-refractivity contribution in [2.24, 2.45) is 0 Å². The highest BCUT2D eigenvalue weighted by Gasteiger charge is 2.14. The Morgan fingerprint density at radius 1 is 0.762 bits per heavy atom. The van der Waals surface area contributed by atoms with E-state index in [0.717, 1.165) is 26.1 Å². The van der Waals surface area contributed by atoms with Crippen LogP contribution in [0.2, 0.25) is 0 Å². The van der Waals surface area contributed by atoms with Crippen LogP contribution in [-0.2, 0) is 0 Å². The zero-order valence-electron chi connectivity index (χ0n) is 11.2. The minimum Gasteiger partial charge on any atom is -0.192 e. The first-order valence-electron chi connectivity index (χ1n) is 6.78. The highest BCUT2D eigenvalue weighted by molar-refractivity contribution is 7.22. The van der Waals surface area contributed by atoms with Crippen LogP contribution in [0.4, 0.5) is 0 Å². The SMILES string of the molecule is N#Cc1c(-c2cccc3ccccc23)sc2ccccc12. The molecule has 1 nitrogen and oxygen atoms in total. The second-order valence-electron chi connectivity index (χ2n) is 4.94. The summed E-state index contributed by atoms with van der Waals surface area (Å²) in [6, 6.07) is 25.1. The third-order valence-electron chi connectivity index (χ3n) is 3.74. The van der Waals surface area contributed by atoms with Gasteiger partial charge in [-0.1, -0.05) is 60.7 Å². The zero-order valence-corrected chi connectivity index (χ0v) is 12.0. The average molecular weight is 285 g/mol. The molecule has 0 amide bonds. The number of hydrogen-bond acceptors (Lipinski definition) is 2. The molecule has 0 saturated carbocycles. The van der Waals surface area contributed by atoms with Crippen molar-refractivity contribution < 1.29 is 0 Å². The molecular weight excluding hydrogens is 274 g/mol. The van der Waals surface area contributed by atoms with Crippen LogP contribution < -0.4 is 0 Å². The fraction of sp³-hybridized carbons (Fsp3) is 0. The summed E-state index contributed by atoms with van der Waals surface area (Å²) in [6.07, 6.45) is 0. The highest BCUT2D eigenvalue weighted by atomic mass is 32.1. The lowest BCUT2D eigenvalue weighted by Crippen LogP contribution is -1.81. The van der Waals surface area contributed by atoms with Gasteiger partial charge in [-0.3, -0.25) is 0 Å². The van der Waals surface area contributed by atoms with Crippen molar-refractivity contribution in [1.82, 2.24) is 0 Å². The predicted molar refractivity (Wildman–Crippen MR) is 89.5 cm³/mol. The van der Waals surface area contributed by atoms with Gasteiger partial charge < -0.3 is 0 Å². The molecule has 4 rings (SSSR count). The van der Waals surface area contributed by atoms with E-state index in [4.69, 9.17) is 0 Å². The van der Waals surface area contributed by atoms with Gasteiger partial charge in [0.15, 0.2) is 0 Å². The molecule has 98 valence electrons. The standard InChI is InChI=1S/C19H11NS/c20-12-17-15-9-3-4-11-18(15)21-19(17)16-10-5-7-13-6-1-2-8-14(13)16/h1-11H. The molecule has 1 heterocycles. The number of nitrogens with zero attached hydrogens (tertiary/aromatic N) is 1. The van der Waals surface area contributed by atoms with Gasteiger partial charge in [-0.15, -0.1) is 11.3 Å². The van der Waals surface area contributed by atoms with E-state index in [1.807, 2.05) is 30.3 Å². The first-order chi connectivity index (χ1) is 10.4. The van der Waals surface area contributed by atoms with Crippen molar-refractivity contribution >= 4 is 32.2 Å². The second kappa shape index (κ2) is 4.73. The summed E-state index contributed by atoms with van der Waals surface area (Å²) in [7, 11) is 0. The summed E-state index contributed by atoms with van der Waals surface area (Å²) < 4.78 is 1.16. The Balaban J connectivity index is 2.12. The molecule has 0 unspecified atom stereocenters. The lowest BCUT2D eigenvalue weighted by Gasteiger charge is -2.04. The van der Waals surface area contributed by atoms with Crippen LogP contribution in [-0.4, -0.2) is 0 Å². The monoisotopic (exact) mass is 285 g/mol. The summed E-state index contributed by atoms with van der Waals surface area (Å²) in [4.78, 5) is 1.07. The molecule has 1 aromatic heterocycles. The molecule has 3 aromatic carbocycles. The van der Waals surface area contributed by atoms with Gasteiger partial charge in [0.2, 0.25) is 0 Å². The topological polar surface area (TPSA) is 23.8 Å². The Kier molecular flexibility index (Phi) is 2.73. The van der Waals surface area contributed by atoms with E-state index >= 15 is 0 Å². The average Bonchev–Trinajstić information content (AvgIpc) is 2.92. The fourth-order valence-corrected chi connectivity index (χ4v) is 3.96. The van der Waals surface area contributed by atoms with Gasteiger partial charge in [0.05, 0.1) is 10.4 Å². The number of fused-ring (bicyclic) bond motifs is 2. The van der Waals surface area contributed by atoms with Crippen LogP contribution in [0.25, 0.3) is 31.3 Å². The van der Waals surface area contributed by atoms with Gasteiger partial charge in [-0.25, -0.2) is 0 Å². The van der Waals surface area contributed by atoms with E-state index in [9.17, 15) is 5.26 Å². The molecular formula is C19H11NS. The predicted octanol–water partition coefficient (Wildman–Crippen LogP) is 5.59. The lowest BCUT2D eigenvalue weighted by atomic mass is 10.0. The van der Waals surface area contributed by atoms with Crippen molar-refractivity contribution in [2.45, 2.75) is 0 Å². The molecule has 0 aliphatic rings. The summed E-state index contributed by atoms with van der Waals surface area (Å²) in [5, 5.41) is 13.0. The number of benzene rings is 3. The molecule has 4 aromatic rings. The molecule has 0 aliphatic carbocycles. The Morgan fingerprint density at radius 2 is 1.48 bits per heavy atom. The van der Waals surface area contributed by atoms with Crippen LogP contribution in [0.15, 0.2) is 66.7 Å². The largest absolute Gasteiger partial charge is 0.192 e. The smallest absolute Gasteiger partial charge is 0.101 e. The van der Waals surface area contributed by atoms with E-state index in [2.05, 4.69) is 42.5 Å². The van der Waals surface area contributed by atoms with E-state index < -0.39 is 0 Å². The molecule has 0 spiro atoms. The Morgan fingerprint density at radius 3 is 2.33 bits per heavy atom. The first-order valence-corrected chi connectivity index (χ1v) is 7.60. The van der Waals surface area contributed by atoms with Crippen LogP contribution in [0.5, 0.6) is 0 Å². The van der Waals surface area contributed by atoms with Crippen LogP contribution in [0.1, 0.15) is 5.56 Å². The molecule has 0 fully saturated rings. The van der Waals surface area contributed by atoms with Gasteiger partial charge in [0.1, 0.15) is 6.07 Å². The van der Waals surface area contributed by atoms with E-state index in [1.165, 1.54) is 10.8 Å². The fourth-order valence-electron chi connectivity index (χ4n) is 2.77. The number of hydrogen-bond donors (Lipinski definition) is 0. The molecule has 0 radical (unpaired) electrons. The minimum absolute atomic E-state index is 0.784. The first kappa shape index (κ1) is 12.1. The van der Waals surface area contributed by atoms with Gasteiger partial charge in [-0.05, 0) is 16.8 Å². The molecule has 0 N–H and O–H groups in total. The van der Waals surface area contributed by atoms with E-state index in [-0.39, 0.29) is 0 Å². The summed E-state index contributed by atoms with van der Waals surface area (Å²) >= 11 is 1.69. The highest BCUT2D eigenvalue weighted by Crippen LogP contribution is 2.40. The summed E-state index contributed by atoms with van der Waals surface area (Å²) in [5.41, 5.74) is 1.93. The second-order valence-corrected chi connectivity index (χ2v) is 5.99. The third-order valence-corrected chi connectivity index (χ3v) is 4.95. The molecule has 21 heavy (non-hydrogen) atoms. The van der Waals surface area contributed by atoms with Crippen molar-refractivity contribution in [3.63, 3.8) is 0 Å². The Hall–Kier alpha value is -2.63. The van der Waals surface area contributed by atoms with Crippen LogP contribution in [0.3, 0.4) is 0 Å². The molecule has 0 saturated heterocycles. The number of rotatable bonds is 1. The Bertz CT molecular complexity index is 1000. The van der Waals surface area contributed by atoms with Crippen LogP contribution in [0, 0.1) is 11.3 Å². The quantitative estimate of drug-likeness (QED) is 0.447. The Labute approximate surface area is 126 Å². The lowest BCUT2D eigenvalue weighted by molar-refractivity contribution is 1.51. The van der Waals surface area contributed by atoms with Crippen LogP contribution >= 0.6 is 11.3 Å². The minimum atomic E-state index is 0.784.